The quantitative estimate of drug-likeness (QED) is 0.885. The van der Waals surface area contributed by atoms with Crippen LogP contribution in [0.25, 0.3) is 0 Å². The molecular weight excluding hydrogens is 284 g/mol. The van der Waals surface area contributed by atoms with Crippen molar-refractivity contribution in [3.63, 3.8) is 0 Å². The van der Waals surface area contributed by atoms with Gasteiger partial charge in [0.1, 0.15) is 5.82 Å². The minimum atomic E-state index is 0.827. The fourth-order valence-electron chi connectivity index (χ4n) is 2.86. The van der Waals surface area contributed by atoms with Gasteiger partial charge in [-0.3, -0.25) is 0 Å². The molecule has 0 saturated heterocycles. The lowest BCUT2D eigenvalue weighted by Gasteiger charge is -2.11. The van der Waals surface area contributed by atoms with Gasteiger partial charge in [-0.2, -0.15) is 4.37 Å². The van der Waals surface area contributed by atoms with Crippen LogP contribution in [0.1, 0.15) is 42.9 Å². The van der Waals surface area contributed by atoms with E-state index in [1.54, 1.807) is 0 Å². The van der Waals surface area contributed by atoms with Crippen LogP contribution in [-0.4, -0.2) is 30.9 Å². The van der Waals surface area contributed by atoms with Gasteiger partial charge in [0.05, 0.1) is 17.9 Å². The van der Waals surface area contributed by atoms with Crippen molar-refractivity contribution >= 4 is 16.7 Å². The molecule has 6 nitrogen and oxygen atoms in total. The lowest BCUT2D eigenvalue weighted by molar-refractivity contribution is 0.564. The average Bonchev–Trinajstić information content (AvgIpc) is 3.05. The SMILES string of the molecule is C1CCc2c(nnn2CCNc2nc(CC3CC3)ns2)C1. The lowest BCUT2D eigenvalue weighted by Crippen LogP contribution is -2.15. The van der Waals surface area contributed by atoms with Crippen LogP contribution in [0.3, 0.4) is 0 Å². The molecule has 0 amide bonds. The van der Waals surface area contributed by atoms with E-state index >= 15 is 0 Å². The molecule has 112 valence electrons. The number of rotatable bonds is 6. The van der Waals surface area contributed by atoms with Gasteiger partial charge in [-0.25, -0.2) is 9.67 Å². The van der Waals surface area contributed by atoms with E-state index in [4.69, 9.17) is 0 Å². The molecule has 1 saturated carbocycles. The van der Waals surface area contributed by atoms with Crippen LogP contribution < -0.4 is 5.32 Å². The van der Waals surface area contributed by atoms with Gasteiger partial charge in [-0.15, -0.1) is 5.10 Å². The third-order valence-electron chi connectivity index (χ3n) is 4.23. The molecule has 4 rings (SSSR count). The maximum Gasteiger partial charge on any atom is 0.202 e. The Morgan fingerprint density at radius 2 is 2.14 bits per heavy atom. The molecule has 2 heterocycles. The van der Waals surface area contributed by atoms with Crippen molar-refractivity contribution in [2.24, 2.45) is 5.92 Å². The first-order chi connectivity index (χ1) is 10.4. The normalized spacial score (nSPS) is 17.7. The highest BCUT2D eigenvalue weighted by molar-refractivity contribution is 7.09. The molecule has 2 aromatic rings. The van der Waals surface area contributed by atoms with E-state index in [9.17, 15) is 0 Å². The highest BCUT2D eigenvalue weighted by Crippen LogP contribution is 2.32. The number of hydrogen-bond donors (Lipinski definition) is 1. The fourth-order valence-corrected chi connectivity index (χ4v) is 3.48. The fraction of sp³-hybridized carbons (Fsp3) is 0.714. The molecule has 0 aromatic carbocycles. The van der Waals surface area contributed by atoms with E-state index in [1.807, 2.05) is 4.68 Å². The summed E-state index contributed by atoms with van der Waals surface area (Å²) >= 11 is 1.47. The lowest BCUT2D eigenvalue weighted by atomic mass is 10.0. The molecule has 21 heavy (non-hydrogen) atoms. The Balaban J connectivity index is 1.30. The second-order valence-corrected chi connectivity index (χ2v) is 6.75. The Bertz CT molecular complexity index is 615. The van der Waals surface area contributed by atoms with Gasteiger partial charge in [0.2, 0.25) is 5.13 Å². The van der Waals surface area contributed by atoms with Gasteiger partial charge in [0, 0.05) is 24.5 Å². The molecular formula is C14H20N6S. The molecule has 0 unspecified atom stereocenters. The second kappa shape index (κ2) is 5.71. The Morgan fingerprint density at radius 1 is 1.24 bits per heavy atom. The van der Waals surface area contributed by atoms with Crippen LogP contribution in [0.5, 0.6) is 0 Å². The molecule has 2 aliphatic carbocycles. The number of aryl methyl sites for hydroxylation is 1. The minimum Gasteiger partial charge on any atom is -0.358 e. The van der Waals surface area contributed by atoms with E-state index in [2.05, 4.69) is 25.0 Å². The zero-order valence-corrected chi connectivity index (χ0v) is 12.9. The number of anilines is 1. The van der Waals surface area contributed by atoms with Gasteiger partial charge in [0.25, 0.3) is 0 Å². The predicted octanol–water partition coefficient (Wildman–Crippen LogP) is 2.07. The van der Waals surface area contributed by atoms with Crippen LogP contribution in [0.15, 0.2) is 0 Å². The van der Waals surface area contributed by atoms with Gasteiger partial charge >= 0.3 is 0 Å². The number of fused-ring (bicyclic) bond motifs is 1. The van der Waals surface area contributed by atoms with E-state index in [0.29, 0.717) is 0 Å². The molecule has 2 aromatic heterocycles. The summed E-state index contributed by atoms with van der Waals surface area (Å²) in [5.41, 5.74) is 2.53. The Hall–Kier alpha value is -1.50. The summed E-state index contributed by atoms with van der Waals surface area (Å²) in [5, 5.41) is 12.9. The van der Waals surface area contributed by atoms with Crippen molar-refractivity contribution in [1.82, 2.24) is 24.4 Å². The van der Waals surface area contributed by atoms with E-state index in [-0.39, 0.29) is 0 Å². The monoisotopic (exact) mass is 304 g/mol. The second-order valence-electron chi connectivity index (χ2n) is 6.00. The van der Waals surface area contributed by atoms with E-state index in [1.165, 1.54) is 48.6 Å². The van der Waals surface area contributed by atoms with E-state index < -0.39 is 0 Å². The summed E-state index contributed by atoms with van der Waals surface area (Å²) in [6.07, 6.45) is 8.46. The summed E-state index contributed by atoms with van der Waals surface area (Å²) in [5.74, 6) is 1.84. The smallest absolute Gasteiger partial charge is 0.202 e. The predicted molar refractivity (Wildman–Crippen MR) is 81.5 cm³/mol. The molecule has 0 atom stereocenters. The van der Waals surface area contributed by atoms with E-state index in [0.717, 1.165) is 49.2 Å². The van der Waals surface area contributed by atoms with Gasteiger partial charge in [-0.05, 0) is 44.4 Å². The highest BCUT2D eigenvalue weighted by Gasteiger charge is 2.23. The summed E-state index contributed by atoms with van der Waals surface area (Å²) in [4.78, 5) is 4.55. The first-order valence-electron chi connectivity index (χ1n) is 7.86. The van der Waals surface area contributed by atoms with Gasteiger partial charge in [0.15, 0.2) is 0 Å². The van der Waals surface area contributed by atoms with Gasteiger partial charge in [-0.1, -0.05) is 5.21 Å². The number of aromatic nitrogens is 5. The van der Waals surface area contributed by atoms with Crippen molar-refractivity contribution in [3.8, 4) is 0 Å². The molecule has 7 heteroatoms. The largest absolute Gasteiger partial charge is 0.358 e. The molecule has 0 radical (unpaired) electrons. The minimum absolute atomic E-state index is 0.827. The standard InChI is InChI=1S/C14H20N6S/c1-2-4-12-11(3-1)17-19-20(12)8-7-15-14-16-13(18-21-14)9-10-5-6-10/h10H,1-9H2,(H,15,16,18). The summed E-state index contributed by atoms with van der Waals surface area (Å²) < 4.78 is 6.46. The van der Waals surface area contributed by atoms with Crippen molar-refractivity contribution in [2.45, 2.75) is 51.5 Å². The van der Waals surface area contributed by atoms with Crippen LogP contribution in [-0.2, 0) is 25.8 Å². The summed E-state index contributed by atoms with van der Waals surface area (Å²) in [6, 6.07) is 0. The number of nitrogens with one attached hydrogen (secondary N) is 1. The van der Waals surface area contributed by atoms with Gasteiger partial charge < -0.3 is 5.32 Å². The van der Waals surface area contributed by atoms with Crippen molar-refractivity contribution in [3.05, 3.63) is 17.2 Å². The average molecular weight is 304 g/mol. The highest BCUT2D eigenvalue weighted by atomic mass is 32.1. The van der Waals surface area contributed by atoms with Crippen LogP contribution in [0.2, 0.25) is 0 Å². The first-order valence-corrected chi connectivity index (χ1v) is 8.63. The van der Waals surface area contributed by atoms with Crippen molar-refractivity contribution in [2.75, 3.05) is 11.9 Å². The molecule has 0 aliphatic heterocycles. The third kappa shape index (κ3) is 3.07. The summed E-state index contributed by atoms with van der Waals surface area (Å²) in [6.45, 7) is 1.67. The van der Waals surface area contributed by atoms with Crippen molar-refractivity contribution < 1.29 is 0 Å². The molecule has 0 bridgehead atoms. The zero-order valence-electron chi connectivity index (χ0n) is 12.1. The number of nitrogens with zero attached hydrogens (tertiary/aromatic N) is 5. The number of hydrogen-bond acceptors (Lipinski definition) is 6. The Kier molecular flexibility index (Phi) is 3.58. The van der Waals surface area contributed by atoms with Crippen LogP contribution >= 0.6 is 11.5 Å². The topological polar surface area (TPSA) is 68.5 Å². The maximum absolute atomic E-state index is 4.55. The van der Waals surface area contributed by atoms with Crippen LogP contribution in [0.4, 0.5) is 5.13 Å². The summed E-state index contributed by atoms with van der Waals surface area (Å²) in [7, 11) is 0. The zero-order chi connectivity index (χ0) is 14.1. The molecule has 1 N–H and O–H groups in total. The Labute approximate surface area is 128 Å². The third-order valence-corrected chi connectivity index (χ3v) is 4.94. The van der Waals surface area contributed by atoms with Crippen molar-refractivity contribution in [1.29, 1.82) is 0 Å². The molecule has 2 aliphatic rings. The molecule has 1 fully saturated rings. The Morgan fingerprint density at radius 3 is 3.05 bits per heavy atom. The first kappa shape index (κ1) is 13.2. The molecule has 0 spiro atoms. The van der Waals surface area contributed by atoms with Crippen LogP contribution in [0, 0.1) is 5.92 Å². The maximum atomic E-state index is 4.55.